The van der Waals surface area contributed by atoms with E-state index in [-0.39, 0.29) is 5.91 Å². The number of rotatable bonds is 4. The highest BCUT2D eigenvalue weighted by molar-refractivity contribution is 5.97. The van der Waals surface area contributed by atoms with Crippen LogP contribution in [0, 0.1) is 0 Å². The van der Waals surface area contributed by atoms with Gasteiger partial charge < -0.3 is 23.9 Å². The van der Waals surface area contributed by atoms with Gasteiger partial charge in [-0.15, -0.1) is 0 Å². The highest BCUT2D eigenvalue weighted by Gasteiger charge is 2.24. The van der Waals surface area contributed by atoms with Gasteiger partial charge in [0.2, 0.25) is 0 Å². The molecule has 0 aliphatic carbocycles. The maximum atomic E-state index is 13.1. The zero-order valence-electron chi connectivity index (χ0n) is 17.2. The number of aryl methyl sites for hydroxylation is 1. The van der Waals surface area contributed by atoms with Gasteiger partial charge in [0.15, 0.2) is 11.5 Å². The van der Waals surface area contributed by atoms with Crippen LogP contribution in [-0.2, 0) is 19.5 Å². The van der Waals surface area contributed by atoms with Gasteiger partial charge in [0.1, 0.15) is 0 Å². The summed E-state index contributed by atoms with van der Waals surface area (Å²) in [6, 6.07) is 8.90. The number of fused-ring (bicyclic) bond motifs is 2. The van der Waals surface area contributed by atoms with E-state index in [1.807, 2.05) is 12.1 Å². The minimum atomic E-state index is -0.693. The Bertz CT molecular complexity index is 1260. The van der Waals surface area contributed by atoms with E-state index in [2.05, 4.69) is 4.98 Å². The molecule has 3 aromatic rings. The van der Waals surface area contributed by atoms with Crippen molar-refractivity contribution >= 4 is 16.9 Å². The fourth-order valence-electron chi connectivity index (χ4n) is 3.97. The van der Waals surface area contributed by atoms with Crippen molar-refractivity contribution in [1.82, 2.24) is 14.5 Å². The number of H-pyrrole nitrogens is 1. The molecule has 8 heteroatoms. The molecule has 2 heterocycles. The van der Waals surface area contributed by atoms with Crippen LogP contribution in [-0.4, -0.2) is 41.1 Å². The van der Waals surface area contributed by atoms with Crippen LogP contribution in [0.4, 0.5) is 0 Å². The van der Waals surface area contributed by atoms with Crippen molar-refractivity contribution in [1.29, 1.82) is 0 Å². The number of nitrogens with one attached hydrogen (secondary N) is 1. The number of aromatic nitrogens is 2. The van der Waals surface area contributed by atoms with Crippen molar-refractivity contribution in [3.8, 4) is 11.5 Å². The van der Waals surface area contributed by atoms with Crippen molar-refractivity contribution < 1.29 is 14.3 Å². The van der Waals surface area contributed by atoms with Gasteiger partial charge in [0.05, 0.1) is 25.3 Å². The molecule has 0 saturated heterocycles. The number of hydrogen-bond acceptors (Lipinski definition) is 5. The molecule has 2 aromatic carbocycles. The van der Waals surface area contributed by atoms with Gasteiger partial charge in [-0.05, 0) is 54.8 Å². The Kier molecular flexibility index (Phi) is 5.07. The Morgan fingerprint density at radius 3 is 2.43 bits per heavy atom. The molecule has 0 unspecified atom stereocenters. The predicted molar refractivity (Wildman–Crippen MR) is 112 cm³/mol. The van der Waals surface area contributed by atoms with E-state index in [0.29, 0.717) is 54.2 Å². The maximum absolute atomic E-state index is 13.1. The molecule has 156 valence electrons. The molecule has 0 saturated carbocycles. The largest absolute Gasteiger partial charge is 0.493 e. The Morgan fingerprint density at radius 1 is 1.07 bits per heavy atom. The van der Waals surface area contributed by atoms with Crippen LogP contribution < -0.4 is 20.6 Å². The van der Waals surface area contributed by atoms with Crippen LogP contribution in [0.2, 0.25) is 0 Å². The summed E-state index contributed by atoms with van der Waals surface area (Å²) >= 11 is 0. The Balaban J connectivity index is 1.67. The highest BCUT2D eigenvalue weighted by Crippen LogP contribution is 2.33. The first-order valence-corrected chi connectivity index (χ1v) is 9.76. The third-order valence-corrected chi connectivity index (χ3v) is 5.54. The molecule has 0 radical (unpaired) electrons. The molecule has 0 atom stereocenters. The number of aromatic amines is 1. The summed E-state index contributed by atoms with van der Waals surface area (Å²) in [7, 11) is 3.19. The lowest BCUT2D eigenvalue weighted by atomic mass is 9.98. The number of methoxy groups -OCH3 is 2. The molecule has 8 nitrogen and oxygen atoms in total. The molecule has 0 fully saturated rings. The van der Waals surface area contributed by atoms with E-state index in [4.69, 9.17) is 9.47 Å². The summed E-state index contributed by atoms with van der Waals surface area (Å²) in [5, 5.41) is 0. The van der Waals surface area contributed by atoms with E-state index in [9.17, 15) is 14.4 Å². The van der Waals surface area contributed by atoms with Gasteiger partial charge in [-0.25, -0.2) is 0 Å². The molecule has 4 rings (SSSR count). The van der Waals surface area contributed by atoms with Crippen molar-refractivity contribution in [2.75, 3.05) is 20.8 Å². The SMILES string of the molecule is CCn1c(=O)c(=O)[nH]c2cc(C(=O)N3CCc4cc(OC)c(OC)cc4C3)ccc21. The van der Waals surface area contributed by atoms with Crippen molar-refractivity contribution in [2.45, 2.75) is 26.4 Å². The molecule has 1 N–H and O–H groups in total. The second-order valence-electron chi connectivity index (χ2n) is 7.19. The van der Waals surface area contributed by atoms with E-state index in [1.165, 1.54) is 4.57 Å². The van der Waals surface area contributed by atoms with E-state index in [1.54, 1.807) is 44.2 Å². The van der Waals surface area contributed by atoms with Crippen molar-refractivity contribution in [2.24, 2.45) is 0 Å². The van der Waals surface area contributed by atoms with Crippen LogP contribution in [0.3, 0.4) is 0 Å². The quantitative estimate of drug-likeness (QED) is 0.665. The Morgan fingerprint density at radius 2 is 1.77 bits per heavy atom. The van der Waals surface area contributed by atoms with Crippen LogP contribution in [0.25, 0.3) is 11.0 Å². The topological polar surface area (TPSA) is 93.6 Å². The second kappa shape index (κ2) is 7.70. The normalized spacial score (nSPS) is 13.2. The lowest BCUT2D eigenvalue weighted by Gasteiger charge is -2.29. The van der Waals surface area contributed by atoms with Gasteiger partial charge in [-0.1, -0.05) is 0 Å². The van der Waals surface area contributed by atoms with Gasteiger partial charge in [0.25, 0.3) is 5.91 Å². The molecule has 0 bridgehead atoms. The molecular formula is C22H23N3O5. The second-order valence-corrected chi connectivity index (χ2v) is 7.19. The van der Waals surface area contributed by atoms with Crippen LogP contribution in [0.15, 0.2) is 39.9 Å². The minimum Gasteiger partial charge on any atom is -0.493 e. The third kappa shape index (κ3) is 3.24. The van der Waals surface area contributed by atoms with E-state index in [0.717, 1.165) is 11.1 Å². The van der Waals surface area contributed by atoms with Gasteiger partial charge >= 0.3 is 11.1 Å². The number of ether oxygens (including phenoxy) is 2. The first kappa shape index (κ1) is 19.8. The molecule has 1 aliphatic rings. The average molecular weight is 409 g/mol. The molecule has 30 heavy (non-hydrogen) atoms. The number of carbonyl (C=O) groups excluding carboxylic acids is 1. The average Bonchev–Trinajstić information content (AvgIpc) is 2.77. The first-order chi connectivity index (χ1) is 14.5. The lowest BCUT2D eigenvalue weighted by Crippen LogP contribution is -2.37. The zero-order chi connectivity index (χ0) is 21.4. The monoisotopic (exact) mass is 409 g/mol. The number of amides is 1. The summed E-state index contributed by atoms with van der Waals surface area (Å²) in [4.78, 5) is 41.5. The zero-order valence-corrected chi connectivity index (χ0v) is 17.2. The van der Waals surface area contributed by atoms with E-state index < -0.39 is 11.1 Å². The molecule has 1 aromatic heterocycles. The molecule has 1 aliphatic heterocycles. The number of benzene rings is 2. The molecule has 1 amide bonds. The first-order valence-electron chi connectivity index (χ1n) is 9.76. The predicted octanol–water partition coefficient (Wildman–Crippen LogP) is 1.93. The summed E-state index contributed by atoms with van der Waals surface area (Å²) in [5.74, 6) is 1.18. The van der Waals surface area contributed by atoms with Gasteiger partial charge in [-0.3, -0.25) is 14.4 Å². The minimum absolute atomic E-state index is 0.132. The summed E-state index contributed by atoms with van der Waals surface area (Å²) < 4.78 is 12.2. The van der Waals surface area contributed by atoms with Crippen LogP contribution in [0.5, 0.6) is 11.5 Å². The summed E-state index contributed by atoms with van der Waals surface area (Å²) in [6.07, 6.45) is 0.710. The maximum Gasteiger partial charge on any atom is 0.316 e. The summed E-state index contributed by atoms with van der Waals surface area (Å²) in [6.45, 7) is 3.20. The molecular weight excluding hydrogens is 386 g/mol. The number of hydrogen-bond donors (Lipinski definition) is 1. The smallest absolute Gasteiger partial charge is 0.316 e. The highest BCUT2D eigenvalue weighted by atomic mass is 16.5. The van der Waals surface area contributed by atoms with Crippen LogP contribution >= 0.6 is 0 Å². The Hall–Kier alpha value is -3.55. The standard InChI is InChI=1S/C22H23N3O5/c1-4-25-17-6-5-14(9-16(17)23-20(26)22(25)28)21(27)24-8-7-13-10-18(29-2)19(30-3)11-15(13)12-24/h5-6,9-11H,4,7-8,12H2,1-3H3,(H,23,26). The van der Waals surface area contributed by atoms with Crippen molar-refractivity contribution in [3.63, 3.8) is 0 Å². The van der Waals surface area contributed by atoms with Crippen molar-refractivity contribution in [3.05, 3.63) is 67.7 Å². The number of carbonyl (C=O) groups is 1. The third-order valence-electron chi connectivity index (χ3n) is 5.54. The number of nitrogens with zero attached hydrogens (tertiary/aromatic N) is 2. The fraction of sp³-hybridized carbons (Fsp3) is 0.318. The fourth-order valence-corrected chi connectivity index (χ4v) is 3.97. The summed E-state index contributed by atoms with van der Waals surface area (Å²) in [5.41, 5.74) is 2.38. The molecule has 0 spiro atoms. The van der Waals surface area contributed by atoms with Gasteiger partial charge in [-0.2, -0.15) is 0 Å². The Labute approximate surface area is 172 Å². The lowest BCUT2D eigenvalue weighted by molar-refractivity contribution is 0.0734. The van der Waals surface area contributed by atoms with Gasteiger partial charge in [0, 0.05) is 25.2 Å². The van der Waals surface area contributed by atoms with Crippen LogP contribution in [0.1, 0.15) is 28.4 Å². The van der Waals surface area contributed by atoms with E-state index >= 15 is 0 Å².